The lowest BCUT2D eigenvalue weighted by Crippen LogP contribution is -2.57. The Bertz CT molecular complexity index is 383. The minimum Gasteiger partial charge on any atom is -0.313 e. The maximum Gasteiger partial charge on any atom is 0.166 e. The number of nitrogens with one attached hydrogen (secondary N) is 1. The van der Waals surface area contributed by atoms with Crippen LogP contribution in [0.15, 0.2) is 0 Å². The number of nitrogens with zero attached hydrogens (tertiary/aromatic N) is 1. The van der Waals surface area contributed by atoms with E-state index in [9.17, 15) is 8.42 Å². The van der Waals surface area contributed by atoms with Gasteiger partial charge in [0.05, 0.1) is 0 Å². The van der Waals surface area contributed by atoms with E-state index in [0.717, 1.165) is 18.8 Å². The fourth-order valence-electron chi connectivity index (χ4n) is 2.57. The molecule has 0 aromatic rings. The van der Waals surface area contributed by atoms with Crippen molar-refractivity contribution in [2.75, 3.05) is 30.3 Å². The van der Waals surface area contributed by atoms with E-state index in [1.807, 2.05) is 0 Å². The van der Waals surface area contributed by atoms with Gasteiger partial charge in [-0.15, -0.1) is 0 Å². The molecule has 2 unspecified atom stereocenters. The van der Waals surface area contributed by atoms with Gasteiger partial charge in [0.25, 0.3) is 0 Å². The maximum atomic E-state index is 12.4. The van der Waals surface area contributed by atoms with Crippen molar-refractivity contribution in [2.24, 2.45) is 5.92 Å². The Labute approximate surface area is 129 Å². The summed E-state index contributed by atoms with van der Waals surface area (Å²) >= 11 is 1.76. The van der Waals surface area contributed by atoms with Crippen molar-refractivity contribution in [3.05, 3.63) is 0 Å². The Kier molecular flexibility index (Phi) is 7.32. The molecule has 6 heteroatoms. The van der Waals surface area contributed by atoms with Gasteiger partial charge in [-0.2, -0.15) is 11.8 Å². The normalized spacial score (nSPS) is 23.4. The van der Waals surface area contributed by atoms with Crippen LogP contribution in [0, 0.1) is 5.92 Å². The van der Waals surface area contributed by atoms with Crippen LogP contribution in [0.25, 0.3) is 0 Å². The van der Waals surface area contributed by atoms with Crippen LogP contribution in [0.4, 0.5) is 0 Å². The Morgan fingerprint density at radius 2 is 1.95 bits per heavy atom. The van der Waals surface area contributed by atoms with Crippen molar-refractivity contribution in [3.63, 3.8) is 0 Å². The summed E-state index contributed by atoms with van der Waals surface area (Å²) in [7, 11) is -3.01. The average molecular weight is 323 g/mol. The fraction of sp³-hybridized carbons (Fsp3) is 1.00. The zero-order valence-electron chi connectivity index (χ0n) is 13.4. The van der Waals surface area contributed by atoms with E-state index in [1.54, 1.807) is 18.7 Å². The van der Waals surface area contributed by atoms with Crippen molar-refractivity contribution < 1.29 is 8.42 Å². The molecule has 1 heterocycles. The molecule has 1 aliphatic heterocycles. The monoisotopic (exact) mass is 322 g/mol. The van der Waals surface area contributed by atoms with Crippen LogP contribution >= 0.6 is 11.8 Å². The molecule has 2 atom stereocenters. The van der Waals surface area contributed by atoms with Crippen molar-refractivity contribution in [1.29, 1.82) is 0 Å². The minimum absolute atomic E-state index is 0.233. The highest BCUT2D eigenvalue weighted by Gasteiger charge is 2.37. The topological polar surface area (TPSA) is 49.4 Å². The first-order chi connectivity index (χ1) is 9.29. The second-order valence-electron chi connectivity index (χ2n) is 6.09. The molecule has 1 N–H and O–H groups in total. The van der Waals surface area contributed by atoms with Crippen molar-refractivity contribution in [1.82, 2.24) is 10.2 Å². The molecular formula is C14H30N2O2S2. The smallest absolute Gasteiger partial charge is 0.166 e. The molecule has 1 rings (SSSR count). The van der Waals surface area contributed by atoms with E-state index in [4.69, 9.17) is 0 Å². The van der Waals surface area contributed by atoms with Gasteiger partial charge in [0.15, 0.2) is 9.84 Å². The maximum absolute atomic E-state index is 12.4. The zero-order chi connectivity index (χ0) is 15.3. The summed E-state index contributed by atoms with van der Waals surface area (Å²) in [6.45, 7) is 12.1. The summed E-state index contributed by atoms with van der Waals surface area (Å²) in [5, 5.41) is 3.16. The quantitative estimate of drug-likeness (QED) is 0.775. The molecule has 1 aliphatic rings. The fourth-order valence-corrected chi connectivity index (χ4v) is 5.64. The summed E-state index contributed by atoms with van der Waals surface area (Å²) in [6.07, 6.45) is 0. The van der Waals surface area contributed by atoms with Crippen LogP contribution in [0.1, 0.15) is 34.6 Å². The molecule has 0 spiro atoms. The van der Waals surface area contributed by atoms with E-state index in [2.05, 4.69) is 37.9 Å². The lowest BCUT2D eigenvalue weighted by Gasteiger charge is -2.42. The highest BCUT2D eigenvalue weighted by Crippen LogP contribution is 2.26. The van der Waals surface area contributed by atoms with E-state index in [0.29, 0.717) is 17.7 Å². The first-order valence-corrected chi connectivity index (χ1v) is 10.4. The molecule has 1 fully saturated rings. The van der Waals surface area contributed by atoms with Crippen molar-refractivity contribution in [3.8, 4) is 0 Å². The van der Waals surface area contributed by atoms with Crippen LogP contribution in [-0.2, 0) is 9.84 Å². The highest BCUT2D eigenvalue weighted by atomic mass is 32.2. The van der Waals surface area contributed by atoms with Gasteiger partial charge in [0.1, 0.15) is 5.37 Å². The second kappa shape index (κ2) is 8.01. The van der Waals surface area contributed by atoms with Gasteiger partial charge in [-0.1, -0.05) is 34.6 Å². The van der Waals surface area contributed by atoms with Gasteiger partial charge < -0.3 is 5.32 Å². The molecule has 0 saturated carbocycles. The average Bonchev–Trinajstić information content (AvgIpc) is 2.38. The summed E-state index contributed by atoms with van der Waals surface area (Å²) in [5.41, 5.74) is 0. The summed E-state index contributed by atoms with van der Waals surface area (Å²) in [4.78, 5) is 2.23. The molecule has 0 amide bonds. The zero-order valence-corrected chi connectivity index (χ0v) is 15.1. The molecule has 4 nitrogen and oxygen atoms in total. The SMILES string of the molecule is CCS(=O)(=O)C1CSCCN1C(CNC(C)C)C(C)C. The second-order valence-corrected chi connectivity index (χ2v) is 9.69. The van der Waals surface area contributed by atoms with E-state index in [1.165, 1.54) is 0 Å². The minimum atomic E-state index is -3.01. The predicted octanol–water partition coefficient (Wildman–Crippen LogP) is 1.82. The number of rotatable bonds is 7. The van der Waals surface area contributed by atoms with Crippen LogP contribution < -0.4 is 5.32 Å². The van der Waals surface area contributed by atoms with E-state index < -0.39 is 9.84 Å². The van der Waals surface area contributed by atoms with E-state index >= 15 is 0 Å². The summed E-state index contributed by atoms with van der Waals surface area (Å²) in [5.74, 6) is 2.41. The third kappa shape index (κ3) is 4.90. The van der Waals surface area contributed by atoms with Gasteiger partial charge in [0.2, 0.25) is 0 Å². The van der Waals surface area contributed by atoms with Crippen molar-refractivity contribution in [2.45, 2.75) is 52.1 Å². The van der Waals surface area contributed by atoms with Crippen LogP contribution in [0.2, 0.25) is 0 Å². The van der Waals surface area contributed by atoms with Gasteiger partial charge >= 0.3 is 0 Å². The Hall–Kier alpha value is 0.220. The van der Waals surface area contributed by atoms with Crippen LogP contribution in [0.3, 0.4) is 0 Å². The Morgan fingerprint density at radius 1 is 1.30 bits per heavy atom. The number of hydrogen-bond donors (Lipinski definition) is 1. The Morgan fingerprint density at radius 3 is 2.45 bits per heavy atom. The highest BCUT2D eigenvalue weighted by molar-refractivity contribution is 8.01. The molecule has 0 aromatic heterocycles. The molecule has 20 heavy (non-hydrogen) atoms. The lowest BCUT2D eigenvalue weighted by molar-refractivity contribution is 0.145. The molecule has 120 valence electrons. The van der Waals surface area contributed by atoms with Crippen molar-refractivity contribution >= 4 is 21.6 Å². The first-order valence-electron chi connectivity index (χ1n) is 7.58. The largest absolute Gasteiger partial charge is 0.313 e. The summed E-state index contributed by atoms with van der Waals surface area (Å²) < 4.78 is 24.7. The molecule has 0 radical (unpaired) electrons. The van der Waals surface area contributed by atoms with Gasteiger partial charge in [-0.25, -0.2) is 8.42 Å². The Balaban J connectivity index is 2.90. The molecular weight excluding hydrogens is 292 g/mol. The molecule has 0 bridgehead atoms. The number of sulfone groups is 1. The van der Waals surface area contributed by atoms with Gasteiger partial charge in [-0.3, -0.25) is 4.90 Å². The third-order valence-corrected chi connectivity index (χ3v) is 7.18. The molecule has 0 aliphatic carbocycles. The van der Waals surface area contributed by atoms with Crippen LogP contribution in [0.5, 0.6) is 0 Å². The van der Waals surface area contributed by atoms with E-state index in [-0.39, 0.29) is 17.2 Å². The number of thioether (sulfide) groups is 1. The summed E-state index contributed by atoms with van der Waals surface area (Å²) in [6, 6.07) is 0.710. The lowest BCUT2D eigenvalue weighted by atomic mass is 10.0. The predicted molar refractivity (Wildman–Crippen MR) is 89.0 cm³/mol. The molecule has 0 aromatic carbocycles. The van der Waals surface area contributed by atoms with Gasteiger partial charge in [0, 0.05) is 42.4 Å². The van der Waals surface area contributed by atoms with Crippen LogP contribution in [-0.4, -0.2) is 61.1 Å². The first kappa shape index (κ1) is 18.3. The standard InChI is InChI=1S/C14H30N2O2S2/c1-6-20(17,18)14-10-19-8-7-16(14)13(11(2)3)9-15-12(4)5/h11-15H,6-10H2,1-5H3. The third-order valence-electron chi connectivity index (χ3n) is 3.87. The molecule has 1 saturated heterocycles. The van der Waals surface area contributed by atoms with Gasteiger partial charge in [-0.05, 0) is 5.92 Å². The number of hydrogen-bond acceptors (Lipinski definition) is 5.